The molecule has 0 spiro atoms. The summed E-state index contributed by atoms with van der Waals surface area (Å²) in [6.45, 7) is 2.28. The van der Waals surface area contributed by atoms with Crippen molar-refractivity contribution in [1.82, 2.24) is 5.32 Å². The fourth-order valence-electron chi connectivity index (χ4n) is 3.41. The first-order chi connectivity index (χ1) is 12.6. The molecule has 3 rings (SSSR count). The maximum absolute atomic E-state index is 12.9. The second kappa shape index (κ2) is 8.37. The SMILES string of the molecule is CCC(C(=O)NCc1ccccc1Cl)N1C(=O)CCCc2ccccc21. The van der Waals surface area contributed by atoms with Crippen LogP contribution in [0.25, 0.3) is 0 Å². The molecule has 1 N–H and O–H groups in total. The lowest BCUT2D eigenvalue weighted by molar-refractivity contribution is -0.126. The summed E-state index contributed by atoms with van der Waals surface area (Å²) in [7, 11) is 0. The number of anilines is 1. The number of para-hydroxylation sites is 1. The summed E-state index contributed by atoms with van der Waals surface area (Å²) < 4.78 is 0. The van der Waals surface area contributed by atoms with Gasteiger partial charge in [0.15, 0.2) is 0 Å². The lowest BCUT2D eigenvalue weighted by atomic mass is 10.1. The van der Waals surface area contributed by atoms with E-state index in [0.717, 1.165) is 29.7 Å². The number of carbonyl (C=O) groups is 2. The number of nitrogens with one attached hydrogen (secondary N) is 1. The van der Waals surface area contributed by atoms with Gasteiger partial charge >= 0.3 is 0 Å². The second-order valence-corrected chi connectivity index (χ2v) is 6.89. The zero-order chi connectivity index (χ0) is 18.5. The average molecular weight is 371 g/mol. The topological polar surface area (TPSA) is 49.4 Å². The Morgan fingerprint density at radius 1 is 1.15 bits per heavy atom. The molecule has 1 heterocycles. The van der Waals surface area contributed by atoms with E-state index in [2.05, 4.69) is 5.32 Å². The van der Waals surface area contributed by atoms with Gasteiger partial charge in [-0.25, -0.2) is 0 Å². The highest BCUT2D eigenvalue weighted by Crippen LogP contribution is 2.29. The first-order valence-electron chi connectivity index (χ1n) is 9.03. The lowest BCUT2D eigenvalue weighted by Crippen LogP contribution is -2.49. The fourth-order valence-corrected chi connectivity index (χ4v) is 3.61. The Balaban J connectivity index is 1.82. The Hall–Kier alpha value is -2.33. The van der Waals surface area contributed by atoms with Gasteiger partial charge in [-0.1, -0.05) is 54.9 Å². The molecule has 2 aromatic rings. The standard InChI is InChI=1S/C21H23ClN2O2/c1-2-18(21(26)23-14-16-9-3-5-11-17(16)22)24-19-12-6-4-8-15(19)10-7-13-20(24)25/h3-6,8-9,11-12,18H,2,7,10,13-14H2,1H3,(H,23,26). The highest BCUT2D eigenvalue weighted by Gasteiger charge is 2.32. The molecule has 0 radical (unpaired) electrons. The molecule has 0 saturated carbocycles. The van der Waals surface area contributed by atoms with E-state index < -0.39 is 6.04 Å². The van der Waals surface area contributed by atoms with Crippen LogP contribution in [0.5, 0.6) is 0 Å². The first-order valence-corrected chi connectivity index (χ1v) is 9.40. The largest absolute Gasteiger partial charge is 0.350 e. The van der Waals surface area contributed by atoms with Gasteiger partial charge in [-0.05, 0) is 42.5 Å². The average Bonchev–Trinajstić information content (AvgIpc) is 2.81. The molecule has 2 amide bonds. The third-order valence-corrected chi connectivity index (χ3v) is 5.14. The third-order valence-electron chi connectivity index (χ3n) is 4.77. The van der Waals surface area contributed by atoms with Gasteiger partial charge in [0.1, 0.15) is 6.04 Å². The number of benzene rings is 2. The normalized spacial score (nSPS) is 15.2. The van der Waals surface area contributed by atoms with Gasteiger partial charge in [0, 0.05) is 23.7 Å². The predicted octanol–water partition coefficient (Wildman–Crippen LogP) is 4.10. The molecular weight excluding hydrogens is 348 g/mol. The van der Waals surface area contributed by atoms with Gasteiger partial charge in [0.2, 0.25) is 11.8 Å². The number of halogens is 1. The molecule has 0 bridgehead atoms. The van der Waals surface area contributed by atoms with E-state index in [1.807, 2.05) is 49.4 Å². The Bertz CT molecular complexity index is 806. The molecule has 1 aliphatic rings. The quantitative estimate of drug-likeness (QED) is 0.861. The summed E-state index contributed by atoms with van der Waals surface area (Å²) in [4.78, 5) is 27.3. The van der Waals surface area contributed by atoms with E-state index in [0.29, 0.717) is 24.4 Å². The molecule has 1 aliphatic heterocycles. The molecule has 1 atom stereocenters. The van der Waals surface area contributed by atoms with Crippen LogP contribution in [0.2, 0.25) is 5.02 Å². The zero-order valence-corrected chi connectivity index (χ0v) is 15.6. The minimum absolute atomic E-state index is 0.00898. The van der Waals surface area contributed by atoms with Gasteiger partial charge in [-0.15, -0.1) is 0 Å². The summed E-state index contributed by atoms with van der Waals surface area (Å²) in [5.74, 6) is -0.146. The van der Waals surface area contributed by atoms with Crippen LogP contribution in [0, 0.1) is 0 Å². The Morgan fingerprint density at radius 2 is 1.88 bits per heavy atom. The monoisotopic (exact) mass is 370 g/mol. The minimum atomic E-state index is -0.524. The van der Waals surface area contributed by atoms with Crippen molar-refractivity contribution in [1.29, 1.82) is 0 Å². The van der Waals surface area contributed by atoms with Crippen LogP contribution in [0.3, 0.4) is 0 Å². The van der Waals surface area contributed by atoms with E-state index in [1.54, 1.807) is 11.0 Å². The van der Waals surface area contributed by atoms with Crippen molar-refractivity contribution in [3.8, 4) is 0 Å². The van der Waals surface area contributed by atoms with E-state index >= 15 is 0 Å². The van der Waals surface area contributed by atoms with Crippen LogP contribution >= 0.6 is 11.6 Å². The molecule has 4 nitrogen and oxygen atoms in total. The maximum Gasteiger partial charge on any atom is 0.243 e. The third kappa shape index (κ3) is 3.91. The lowest BCUT2D eigenvalue weighted by Gasteiger charge is -2.30. The smallest absolute Gasteiger partial charge is 0.243 e. The van der Waals surface area contributed by atoms with E-state index in [4.69, 9.17) is 11.6 Å². The molecular formula is C21H23ClN2O2. The van der Waals surface area contributed by atoms with Crippen LogP contribution < -0.4 is 10.2 Å². The van der Waals surface area contributed by atoms with Crippen molar-refractivity contribution in [2.24, 2.45) is 0 Å². The minimum Gasteiger partial charge on any atom is -0.350 e. The molecule has 2 aromatic carbocycles. The van der Waals surface area contributed by atoms with Gasteiger partial charge in [0.25, 0.3) is 0 Å². The van der Waals surface area contributed by atoms with Crippen LogP contribution in [0.1, 0.15) is 37.3 Å². The summed E-state index contributed by atoms with van der Waals surface area (Å²) in [5, 5.41) is 3.56. The number of hydrogen-bond acceptors (Lipinski definition) is 2. The number of nitrogens with zero attached hydrogens (tertiary/aromatic N) is 1. The van der Waals surface area contributed by atoms with Crippen LogP contribution in [-0.4, -0.2) is 17.9 Å². The second-order valence-electron chi connectivity index (χ2n) is 6.48. The number of amides is 2. The highest BCUT2D eigenvalue weighted by molar-refractivity contribution is 6.31. The van der Waals surface area contributed by atoms with Gasteiger partial charge in [-0.2, -0.15) is 0 Å². The maximum atomic E-state index is 12.9. The summed E-state index contributed by atoms with van der Waals surface area (Å²) >= 11 is 6.17. The highest BCUT2D eigenvalue weighted by atomic mass is 35.5. The van der Waals surface area contributed by atoms with E-state index in [-0.39, 0.29) is 11.8 Å². The van der Waals surface area contributed by atoms with Crippen LogP contribution in [-0.2, 0) is 22.6 Å². The van der Waals surface area contributed by atoms with Crippen molar-refractivity contribution >= 4 is 29.1 Å². The van der Waals surface area contributed by atoms with E-state index in [9.17, 15) is 9.59 Å². The number of rotatable bonds is 5. The van der Waals surface area contributed by atoms with Gasteiger partial charge < -0.3 is 5.32 Å². The summed E-state index contributed by atoms with van der Waals surface area (Å²) in [5.41, 5.74) is 2.84. The summed E-state index contributed by atoms with van der Waals surface area (Å²) in [6, 6.07) is 14.8. The Morgan fingerprint density at radius 3 is 2.65 bits per heavy atom. The van der Waals surface area contributed by atoms with Gasteiger partial charge in [0.05, 0.1) is 0 Å². The van der Waals surface area contributed by atoms with E-state index in [1.165, 1.54) is 0 Å². The summed E-state index contributed by atoms with van der Waals surface area (Å²) in [6.07, 6.45) is 2.68. The number of aryl methyl sites for hydroxylation is 1. The molecule has 0 aliphatic carbocycles. The molecule has 0 fully saturated rings. The van der Waals surface area contributed by atoms with Crippen LogP contribution in [0.15, 0.2) is 48.5 Å². The van der Waals surface area contributed by atoms with Gasteiger partial charge in [-0.3, -0.25) is 14.5 Å². The molecule has 5 heteroatoms. The first kappa shape index (κ1) is 18.5. The Kier molecular flexibility index (Phi) is 5.94. The van der Waals surface area contributed by atoms with Crippen molar-refractivity contribution in [3.63, 3.8) is 0 Å². The molecule has 0 saturated heterocycles. The van der Waals surface area contributed by atoms with Crippen molar-refractivity contribution in [2.75, 3.05) is 4.90 Å². The fraction of sp³-hybridized carbons (Fsp3) is 0.333. The molecule has 26 heavy (non-hydrogen) atoms. The molecule has 136 valence electrons. The number of fused-ring (bicyclic) bond motifs is 1. The van der Waals surface area contributed by atoms with Crippen molar-refractivity contribution in [3.05, 3.63) is 64.7 Å². The molecule has 0 aromatic heterocycles. The predicted molar refractivity (Wildman–Crippen MR) is 104 cm³/mol. The zero-order valence-electron chi connectivity index (χ0n) is 14.9. The Labute approximate surface area is 159 Å². The number of carbonyl (C=O) groups excluding carboxylic acids is 2. The number of hydrogen-bond donors (Lipinski definition) is 1. The van der Waals surface area contributed by atoms with Crippen molar-refractivity contribution in [2.45, 2.75) is 45.2 Å². The van der Waals surface area contributed by atoms with Crippen molar-refractivity contribution < 1.29 is 9.59 Å². The van der Waals surface area contributed by atoms with Crippen LogP contribution in [0.4, 0.5) is 5.69 Å². The molecule has 1 unspecified atom stereocenters.